The smallest absolute Gasteiger partial charge is 0.342 e. The van der Waals surface area contributed by atoms with Crippen LogP contribution in [0.1, 0.15) is 55.6 Å². The molecule has 2 aliphatic heterocycles. The van der Waals surface area contributed by atoms with E-state index in [-0.39, 0.29) is 24.0 Å². The zero-order valence-electron chi connectivity index (χ0n) is 24.5. The van der Waals surface area contributed by atoms with E-state index in [0.717, 1.165) is 11.3 Å². The topological polar surface area (TPSA) is 102 Å². The number of esters is 1. The van der Waals surface area contributed by atoms with Gasteiger partial charge in [0, 0.05) is 19.1 Å². The van der Waals surface area contributed by atoms with Crippen LogP contribution >= 0.6 is 0 Å². The summed E-state index contributed by atoms with van der Waals surface area (Å²) in [5, 5.41) is 10.9. The first-order valence-corrected chi connectivity index (χ1v) is 13.7. The second-order valence-corrected chi connectivity index (χ2v) is 10.7. The molecular weight excluding hydrogens is 528 g/mol. The Morgan fingerprint density at radius 3 is 2.46 bits per heavy atom. The van der Waals surface area contributed by atoms with Crippen molar-refractivity contribution in [1.29, 1.82) is 0 Å². The molecule has 0 aromatic heterocycles. The van der Waals surface area contributed by atoms with Crippen molar-refractivity contribution < 1.29 is 43.1 Å². The van der Waals surface area contributed by atoms with Crippen molar-refractivity contribution in [3.63, 3.8) is 0 Å². The van der Waals surface area contributed by atoms with Gasteiger partial charge in [0.1, 0.15) is 47.7 Å². The third-order valence-corrected chi connectivity index (χ3v) is 7.08. The van der Waals surface area contributed by atoms with E-state index >= 15 is 0 Å². The molecule has 0 bridgehead atoms. The zero-order valence-corrected chi connectivity index (χ0v) is 24.5. The van der Waals surface area contributed by atoms with E-state index in [0.29, 0.717) is 24.3 Å². The number of methoxy groups -OCH3 is 2. The average Bonchev–Trinajstić information content (AvgIpc) is 3.27. The van der Waals surface area contributed by atoms with Crippen molar-refractivity contribution in [2.24, 2.45) is 5.92 Å². The lowest BCUT2D eigenvalue weighted by Gasteiger charge is -2.23. The van der Waals surface area contributed by atoms with E-state index in [9.17, 15) is 9.90 Å². The van der Waals surface area contributed by atoms with Crippen LogP contribution in [0.3, 0.4) is 0 Å². The van der Waals surface area contributed by atoms with Gasteiger partial charge in [0.05, 0.1) is 13.2 Å². The number of carbonyl (C=O) groups excluding carboxylic acids is 1. The predicted octanol–water partition coefficient (Wildman–Crippen LogP) is 5.29. The van der Waals surface area contributed by atoms with Crippen LogP contribution in [0.15, 0.2) is 54.6 Å². The standard InChI is InChI=1S/C32H40O9/c1-20-10-15-26(33)30-27(40-32(3,4)41-30)9-7-8-23-16-25(37-18-22-11-13-24(36-6)14-12-22)17-28(38-19-35-5)29(23)31(34)39-21(20)2/h7-8,10-17,20-21,26-27,30,33H,9,18-19H2,1-6H3/b8-7?,15-10-/t20-,21+,26?,27+,30-/m1/s1. The quantitative estimate of drug-likeness (QED) is 0.271. The summed E-state index contributed by atoms with van der Waals surface area (Å²) in [5.41, 5.74) is 1.76. The lowest BCUT2D eigenvalue weighted by Crippen LogP contribution is -2.34. The number of benzene rings is 2. The van der Waals surface area contributed by atoms with Crippen molar-refractivity contribution >= 4 is 12.0 Å². The molecule has 1 N–H and O–H groups in total. The Kier molecular flexibility index (Phi) is 10.1. The summed E-state index contributed by atoms with van der Waals surface area (Å²) in [4.78, 5) is 13.6. The van der Waals surface area contributed by atoms with Gasteiger partial charge in [-0.1, -0.05) is 43.4 Å². The summed E-state index contributed by atoms with van der Waals surface area (Å²) >= 11 is 0. The van der Waals surface area contributed by atoms with Gasteiger partial charge in [0.15, 0.2) is 12.6 Å². The molecule has 222 valence electrons. The molecule has 5 atom stereocenters. The molecule has 9 nitrogen and oxygen atoms in total. The number of fused-ring (bicyclic) bond motifs is 2. The van der Waals surface area contributed by atoms with Crippen LogP contribution in [-0.4, -0.2) is 62.3 Å². The van der Waals surface area contributed by atoms with Crippen molar-refractivity contribution in [2.75, 3.05) is 21.0 Å². The monoisotopic (exact) mass is 568 g/mol. The first-order valence-electron chi connectivity index (χ1n) is 13.7. The van der Waals surface area contributed by atoms with Gasteiger partial charge >= 0.3 is 5.97 Å². The first kappa shape index (κ1) is 30.6. The van der Waals surface area contributed by atoms with Crippen LogP contribution in [0.25, 0.3) is 6.08 Å². The Bertz CT molecular complexity index is 1230. The Balaban J connectivity index is 1.71. The highest BCUT2D eigenvalue weighted by Crippen LogP contribution is 2.35. The average molecular weight is 569 g/mol. The zero-order chi connectivity index (χ0) is 29.6. The van der Waals surface area contributed by atoms with Gasteiger partial charge in [-0.3, -0.25) is 0 Å². The summed E-state index contributed by atoms with van der Waals surface area (Å²) in [6.07, 6.45) is 5.31. The molecule has 2 heterocycles. The van der Waals surface area contributed by atoms with Crippen molar-refractivity contribution in [3.8, 4) is 17.2 Å². The molecule has 1 saturated heterocycles. The van der Waals surface area contributed by atoms with Crippen molar-refractivity contribution in [2.45, 2.75) is 70.9 Å². The fraction of sp³-hybridized carbons (Fsp3) is 0.469. The minimum absolute atomic E-state index is 0.0675. The van der Waals surface area contributed by atoms with Gasteiger partial charge in [0.25, 0.3) is 0 Å². The molecule has 9 heteroatoms. The number of aliphatic hydroxyl groups excluding tert-OH is 1. The maximum absolute atomic E-state index is 13.6. The van der Waals surface area contributed by atoms with Gasteiger partial charge in [-0.2, -0.15) is 0 Å². The summed E-state index contributed by atoms with van der Waals surface area (Å²) in [6, 6.07) is 11.0. The second kappa shape index (κ2) is 13.5. The number of hydrogen-bond acceptors (Lipinski definition) is 9. The number of aliphatic hydroxyl groups is 1. The normalized spacial score (nSPS) is 26.7. The highest BCUT2D eigenvalue weighted by atomic mass is 16.8. The summed E-state index contributed by atoms with van der Waals surface area (Å²) in [7, 11) is 3.13. The van der Waals surface area contributed by atoms with Crippen molar-refractivity contribution in [3.05, 3.63) is 71.3 Å². The maximum Gasteiger partial charge on any atom is 0.342 e. The molecule has 41 heavy (non-hydrogen) atoms. The van der Waals surface area contributed by atoms with Gasteiger partial charge in [-0.25, -0.2) is 4.79 Å². The molecule has 0 saturated carbocycles. The fourth-order valence-electron chi connectivity index (χ4n) is 4.72. The van der Waals surface area contributed by atoms with Gasteiger partial charge in [0.2, 0.25) is 0 Å². The van der Waals surface area contributed by atoms with Gasteiger partial charge in [-0.05, 0) is 56.5 Å². The molecule has 2 aromatic rings. The highest BCUT2D eigenvalue weighted by Gasteiger charge is 2.43. The second-order valence-electron chi connectivity index (χ2n) is 10.7. The number of cyclic esters (lactones) is 1. The highest BCUT2D eigenvalue weighted by molar-refractivity contribution is 5.97. The molecule has 0 radical (unpaired) electrons. The lowest BCUT2D eigenvalue weighted by molar-refractivity contribution is -0.152. The molecule has 0 amide bonds. The van der Waals surface area contributed by atoms with E-state index in [1.165, 1.54) is 7.11 Å². The number of ether oxygens (including phenoxy) is 7. The SMILES string of the molecule is COCOc1cc(OCc2ccc(OC)cc2)cc2c1C(=O)O[C@@H](C)[C@H](C)/C=C\C(O)[C@H]1OC(C)(C)O[C@H]1CC=C2. The molecule has 4 rings (SSSR count). The van der Waals surface area contributed by atoms with Crippen LogP contribution in [0.2, 0.25) is 0 Å². The lowest BCUT2D eigenvalue weighted by atomic mass is 9.99. The first-order chi connectivity index (χ1) is 19.6. The van der Waals surface area contributed by atoms with E-state index in [1.807, 2.05) is 70.2 Å². The van der Waals surface area contributed by atoms with Crippen LogP contribution < -0.4 is 14.2 Å². The van der Waals surface area contributed by atoms with Gasteiger partial charge in [-0.15, -0.1) is 0 Å². The molecule has 0 aliphatic carbocycles. The van der Waals surface area contributed by atoms with E-state index in [2.05, 4.69) is 0 Å². The van der Waals surface area contributed by atoms with Crippen LogP contribution in [0.5, 0.6) is 17.2 Å². The Morgan fingerprint density at radius 2 is 1.76 bits per heavy atom. The number of hydrogen-bond donors (Lipinski definition) is 1. The minimum Gasteiger partial charge on any atom is -0.497 e. The van der Waals surface area contributed by atoms with E-state index < -0.39 is 36.2 Å². The fourth-order valence-corrected chi connectivity index (χ4v) is 4.72. The molecule has 2 aromatic carbocycles. The molecule has 1 fully saturated rings. The molecule has 0 spiro atoms. The number of rotatable bonds is 7. The number of carbonyl (C=O) groups is 1. The summed E-state index contributed by atoms with van der Waals surface area (Å²) in [5.74, 6) is -0.0229. The molecule has 1 unspecified atom stereocenters. The molecule has 2 aliphatic rings. The predicted molar refractivity (Wildman–Crippen MR) is 153 cm³/mol. The molecular formula is C32H40O9. The van der Waals surface area contributed by atoms with Crippen LogP contribution in [-0.2, 0) is 25.6 Å². The van der Waals surface area contributed by atoms with E-state index in [1.54, 1.807) is 25.3 Å². The maximum atomic E-state index is 13.6. The van der Waals surface area contributed by atoms with Crippen LogP contribution in [0, 0.1) is 5.92 Å². The van der Waals surface area contributed by atoms with Crippen LogP contribution in [0.4, 0.5) is 0 Å². The Morgan fingerprint density at radius 1 is 1.00 bits per heavy atom. The summed E-state index contributed by atoms with van der Waals surface area (Å²) < 4.78 is 40.3. The van der Waals surface area contributed by atoms with E-state index in [4.69, 9.17) is 33.2 Å². The van der Waals surface area contributed by atoms with Gasteiger partial charge < -0.3 is 38.3 Å². The largest absolute Gasteiger partial charge is 0.497 e. The van der Waals surface area contributed by atoms with Crippen molar-refractivity contribution in [1.82, 2.24) is 0 Å². The summed E-state index contributed by atoms with van der Waals surface area (Å²) in [6.45, 7) is 7.61. The Labute approximate surface area is 241 Å². The third kappa shape index (κ3) is 7.89. The third-order valence-electron chi connectivity index (χ3n) is 7.08. The Hall–Kier alpha value is -3.37. The minimum atomic E-state index is -0.886.